The Kier molecular flexibility index (Phi) is 10.4. The summed E-state index contributed by atoms with van der Waals surface area (Å²) >= 11 is 1.35. The number of aromatic nitrogens is 3. The number of ether oxygens (including phenoxy) is 1. The van der Waals surface area contributed by atoms with Gasteiger partial charge in [-0.05, 0) is 32.8 Å². The van der Waals surface area contributed by atoms with Crippen LogP contribution < -0.4 is 10.6 Å². The molecular weight excluding hydrogens is 491 g/mol. The highest BCUT2D eigenvalue weighted by Crippen LogP contribution is 2.24. The van der Waals surface area contributed by atoms with E-state index in [0.717, 1.165) is 18.1 Å². The molecule has 10 heteroatoms. The minimum Gasteiger partial charge on any atom is -0.462 e. The van der Waals surface area contributed by atoms with Crippen LogP contribution in [0.15, 0.2) is 23.5 Å². The van der Waals surface area contributed by atoms with Gasteiger partial charge in [0.15, 0.2) is 5.96 Å². The van der Waals surface area contributed by atoms with E-state index in [4.69, 9.17) is 4.74 Å². The highest BCUT2D eigenvalue weighted by molar-refractivity contribution is 14.0. The van der Waals surface area contributed by atoms with Crippen molar-refractivity contribution in [1.29, 1.82) is 0 Å². The Hall–Kier alpha value is -1.69. The number of aliphatic imine (C=N–C) groups is 1. The number of aryl methyl sites for hydroxylation is 1. The summed E-state index contributed by atoms with van der Waals surface area (Å²) in [5.41, 5.74) is 0.692. The highest BCUT2D eigenvalue weighted by Gasteiger charge is 2.20. The number of nitrogens with zero attached hydrogens (tertiary/aromatic N) is 4. The molecule has 0 radical (unpaired) electrons. The molecule has 0 saturated heterocycles. The van der Waals surface area contributed by atoms with Crippen molar-refractivity contribution in [2.75, 3.05) is 20.2 Å². The first-order valence-electron chi connectivity index (χ1n) is 9.03. The summed E-state index contributed by atoms with van der Waals surface area (Å²) in [6.07, 6.45) is 3.74. The van der Waals surface area contributed by atoms with E-state index >= 15 is 0 Å². The Morgan fingerprint density at radius 1 is 1.43 bits per heavy atom. The fourth-order valence-corrected chi connectivity index (χ4v) is 3.48. The molecule has 2 aromatic rings. The summed E-state index contributed by atoms with van der Waals surface area (Å²) in [7, 11) is 1.73. The molecular formula is C18H29IN6O2S. The first-order valence-corrected chi connectivity index (χ1v) is 9.85. The second kappa shape index (κ2) is 12.0. The molecule has 2 unspecified atom stereocenters. The molecule has 28 heavy (non-hydrogen) atoms. The summed E-state index contributed by atoms with van der Waals surface area (Å²) in [5.74, 6) is 0.762. The summed E-state index contributed by atoms with van der Waals surface area (Å²) in [5, 5.41) is 11.7. The number of thiazole rings is 1. The van der Waals surface area contributed by atoms with Gasteiger partial charge in [0, 0.05) is 32.5 Å². The smallest absolute Gasteiger partial charge is 0.350 e. The van der Waals surface area contributed by atoms with E-state index in [9.17, 15) is 4.79 Å². The summed E-state index contributed by atoms with van der Waals surface area (Å²) in [6.45, 7) is 9.71. The van der Waals surface area contributed by atoms with Crippen LogP contribution >= 0.6 is 35.3 Å². The van der Waals surface area contributed by atoms with Crippen LogP contribution in [0.2, 0.25) is 0 Å². The molecule has 2 rings (SSSR count). The van der Waals surface area contributed by atoms with Gasteiger partial charge in [-0.1, -0.05) is 6.92 Å². The van der Waals surface area contributed by atoms with E-state index in [1.807, 2.05) is 30.8 Å². The molecule has 0 fully saturated rings. The van der Waals surface area contributed by atoms with Crippen molar-refractivity contribution >= 4 is 47.2 Å². The van der Waals surface area contributed by atoms with E-state index in [1.54, 1.807) is 20.2 Å². The number of guanidine groups is 1. The second-order valence-corrected chi connectivity index (χ2v) is 7.37. The largest absolute Gasteiger partial charge is 0.462 e. The SMILES string of the molecule is CCOC(=O)c1sc(C(C)NC(=NC)NCC(C)Cn2cccn2)nc1C.I. The Morgan fingerprint density at radius 2 is 2.18 bits per heavy atom. The van der Waals surface area contributed by atoms with Crippen LogP contribution in [0, 0.1) is 12.8 Å². The number of carbonyl (C=O) groups excluding carboxylic acids is 1. The first kappa shape index (κ1) is 24.3. The quantitative estimate of drug-likeness (QED) is 0.241. The van der Waals surface area contributed by atoms with Gasteiger partial charge in [-0.3, -0.25) is 9.67 Å². The fraction of sp³-hybridized carbons (Fsp3) is 0.556. The lowest BCUT2D eigenvalue weighted by Gasteiger charge is -2.18. The van der Waals surface area contributed by atoms with Crippen LogP contribution in [0.1, 0.15) is 47.2 Å². The third-order valence-corrected chi connectivity index (χ3v) is 5.22. The average Bonchev–Trinajstić information content (AvgIpc) is 3.28. The maximum absolute atomic E-state index is 12.0. The number of esters is 1. The molecule has 0 saturated carbocycles. The van der Waals surface area contributed by atoms with Crippen LogP contribution in [0.4, 0.5) is 0 Å². The van der Waals surface area contributed by atoms with Crippen LogP contribution in [0.25, 0.3) is 0 Å². The van der Waals surface area contributed by atoms with Crippen molar-refractivity contribution in [3.05, 3.63) is 34.0 Å². The van der Waals surface area contributed by atoms with E-state index in [1.165, 1.54) is 11.3 Å². The van der Waals surface area contributed by atoms with Crippen molar-refractivity contribution in [2.24, 2.45) is 10.9 Å². The van der Waals surface area contributed by atoms with Crippen molar-refractivity contribution in [2.45, 2.75) is 40.3 Å². The van der Waals surface area contributed by atoms with Crippen LogP contribution in [-0.4, -0.2) is 46.9 Å². The predicted molar refractivity (Wildman–Crippen MR) is 123 cm³/mol. The zero-order chi connectivity index (χ0) is 19.8. The van der Waals surface area contributed by atoms with Crippen molar-refractivity contribution in [3.63, 3.8) is 0 Å². The topological polar surface area (TPSA) is 93.4 Å². The molecule has 156 valence electrons. The van der Waals surface area contributed by atoms with Crippen molar-refractivity contribution in [3.8, 4) is 0 Å². The number of halogens is 1. The molecule has 0 aliphatic heterocycles. The third kappa shape index (κ3) is 7.04. The molecule has 8 nitrogen and oxygen atoms in total. The molecule has 2 atom stereocenters. The Balaban J connectivity index is 0.00000392. The summed E-state index contributed by atoms with van der Waals surface area (Å²) in [4.78, 5) is 21.3. The van der Waals surface area contributed by atoms with Crippen molar-refractivity contribution < 1.29 is 9.53 Å². The van der Waals surface area contributed by atoms with Gasteiger partial charge in [0.05, 0.1) is 18.3 Å². The number of hydrogen-bond donors (Lipinski definition) is 2. The van der Waals surface area contributed by atoms with Gasteiger partial charge in [-0.25, -0.2) is 9.78 Å². The minimum absolute atomic E-state index is 0. The van der Waals surface area contributed by atoms with Gasteiger partial charge in [0.1, 0.15) is 9.88 Å². The Morgan fingerprint density at radius 3 is 2.79 bits per heavy atom. The zero-order valence-electron chi connectivity index (χ0n) is 16.9. The maximum atomic E-state index is 12.0. The maximum Gasteiger partial charge on any atom is 0.350 e. The molecule has 0 bridgehead atoms. The third-order valence-electron chi connectivity index (χ3n) is 3.90. The van der Waals surface area contributed by atoms with Gasteiger partial charge >= 0.3 is 5.97 Å². The molecule has 2 aromatic heterocycles. The predicted octanol–water partition coefficient (Wildman–Crippen LogP) is 3.01. The van der Waals surface area contributed by atoms with Crippen LogP contribution in [0.3, 0.4) is 0 Å². The lowest BCUT2D eigenvalue weighted by molar-refractivity contribution is 0.0531. The molecule has 2 heterocycles. The second-order valence-electron chi connectivity index (χ2n) is 6.34. The monoisotopic (exact) mass is 520 g/mol. The molecule has 0 aliphatic carbocycles. The number of carbonyl (C=O) groups is 1. The van der Waals surface area contributed by atoms with E-state index in [-0.39, 0.29) is 36.0 Å². The van der Waals surface area contributed by atoms with E-state index in [0.29, 0.717) is 29.1 Å². The number of nitrogens with one attached hydrogen (secondary N) is 2. The standard InChI is InChI=1S/C18H28N6O2S.HI/c1-6-26-17(25)15-13(3)22-16(27-15)14(4)23-18(19-5)20-10-12(2)11-24-9-7-8-21-24;/h7-9,12,14H,6,10-11H2,1-5H3,(H2,19,20,23);1H. The molecule has 0 amide bonds. The van der Waals surface area contributed by atoms with E-state index < -0.39 is 0 Å². The van der Waals surface area contributed by atoms with Gasteiger partial charge in [0.2, 0.25) is 0 Å². The highest BCUT2D eigenvalue weighted by atomic mass is 127. The molecule has 2 N–H and O–H groups in total. The number of rotatable bonds is 8. The Labute approximate surface area is 187 Å². The van der Waals surface area contributed by atoms with Crippen LogP contribution in [0.5, 0.6) is 0 Å². The summed E-state index contributed by atoms with van der Waals surface area (Å²) in [6, 6.07) is 1.84. The number of hydrogen-bond acceptors (Lipinski definition) is 6. The van der Waals surface area contributed by atoms with Gasteiger partial charge < -0.3 is 15.4 Å². The molecule has 0 aliphatic rings. The van der Waals surface area contributed by atoms with Gasteiger partial charge in [-0.15, -0.1) is 35.3 Å². The van der Waals surface area contributed by atoms with Gasteiger partial charge in [-0.2, -0.15) is 5.10 Å². The lowest BCUT2D eigenvalue weighted by atomic mass is 10.2. The molecule has 0 aromatic carbocycles. The Bertz CT molecular complexity index is 762. The van der Waals surface area contributed by atoms with Crippen LogP contribution in [-0.2, 0) is 11.3 Å². The van der Waals surface area contributed by atoms with E-state index in [2.05, 4.69) is 32.6 Å². The first-order chi connectivity index (χ1) is 12.9. The minimum atomic E-state index is -0.319. The summed E-state index contributed by atoms with van der Waals surface area (Å²) < 4.78 is 7.00. The normalized spacial score (nSPS) is 13.4. The fourth-order valence-electron chi connectivity index (χ4n) is 2.51. The zero-order valence-corrected chi connectivity index (χ0v) is 20.1. The van der Waals surface area contributed by atoms with Crippen molar-refractivity contribution in [1.82, 2.24) is 25.4 Å². The van der Waals surface area contributed by atoms with Gasteiger partial charge in [0.25, 0.3) is 0 Å². The molecule has 0 spiro atoms. The lowest BCUT2D eigenvalue weighted by Crippen LogP contribution is -2.41. The average molecular weight is 520 g/mol.